The molecular weight excluding hydrogens is 310 g/mol. The summed E-state index contributed by atoms with van der Waals surface area (Å²) < 4.78 is 5.87. The summed E-state index contributed by atoms with van der Waals surface area (Å²) in [5.74, 6) is 3.14. The molecule has 4 aliphatic rings. The van der Waals surface area contributed by atoms with Crippen LogP contribution >= 0.6 is 0 Å². The van der Waals surface area contributed by atoms with Crippen LogP contribution in [0.1, 0.15) is 61.6 Å². The van der Waals surface area contributed by atoms with Gasteiger partial charge in [0.05, 0.1) is 0 Å². The molecule has 1 atom stereocenters. The molecule has 6 rings (SSSR count). The summed E-state index contributed by atoms with van der Waals surface area (Å²) >= 11 is 0. The highest BCUT2D eigenvalue weighted by atomic mass is 16.3. The van der Waals surface area contributed by atoms with Crippen LogP contribution in [0.5, 0.6) is 0 Å². The highest BCUT2D eigenvalue weighted by molar-refractivity contribution is 5.99. The Bertz CT molecular complexity index is 798. The van der Waals surface area contributed by atoms with Gasteiger partial charge >= 0.3 is 0 Å². The number of carbonyl (C=O) groups excluding carboxylic acids is 1. The molecule has 3 nitrogen and oxygen atoms in total. The molecule has 1 unspecified atom stereocenters. The van der Waals surface area contributed by atoms with Gasteiger partial charge < -0.3 is 9.73 Å². The number of hydrogen-bond donors (Lipinski definition) is 1. The monoisotopic (exact) mass is 337 g/mol. The van der Waals surface area contributed by atoms with Crippen LogP contribution in [0.3, 0.4) is 0 Å². The SMILES string of the molecule is Cc1c(C(=O)NC(C)C23CC4CC(CC(C4)C2)C3)oc2ccccc12. The zero-order valence-corrected chi connectivity index (χ0v) is 15.2. The van der Waals surface area contributed by atoms with Crippen molar-refractivity contribution in [1.29, 1.82) is 0 Å². The maximum Gasteiger partial charge on any atom is 0.287 e. The van der Waals surface area contributed by atoms with Gasteiger partial charge in [-0.1, -0.05) is 18.2 Å². The molecule has 0 radical (unpaired) electrons. The molecule has 1 aromatic carbocycles. The summed E-state index contributed by atoms with van der Waals surface area (Å²) in [6.45, 7) is 4.21. The third-order valence-corrected chi connectivity index (χ3v) is 7.40. The van der Waals surface area contributed by atoms with E-state index in [1.165, 1.54) is 38.5 Å². The van der Waals surface area contributed by atoms with Crippen LogP contribution in [-0.4, -0.2) is 11.9 Å². The van der Waals surface area contributed by atoms with Crippen molar-refractivity contribution in [1.82, 2.24) is 5.32 Å². The molecule has 4 fully saturated rings. The molecule has 1 aromatic heterocycles. The molecular formula is C22H27NO2. The highest BCUT2D eigenvalue weighted by Crippen LogP contribution is 2.61. The first kappa shape index (κ1) is 15.5. The van der Waals surface area contributed by atoms with Gasteiger partial charge in [-0.05, 0) is 81.6 Å². The van der Waals surface area contributed by atoms with Crippen molar-refractivity contribution < 1.29 is 9.21 Å². The molecule has 4 bridgehead atoms. The van der Waals surface area contributed by atoms with Crippen LogP contribution in [-0.2, 0) is 0 Å². The highest BCUT2D eigenvalue weighted by Gasteiger charge is 2.53. The topological polar surface area (TPSA) is 42.2 Å². The van der Waals surface area contributed by atoms with Crippen molar-refractivity contribution in [3.8, 4) is 0 Å². The summed E-state index contributed by atoms with van der Waals surface area (Å²) in [6, 6.07) is 8.12. The molecule has 4 aliphatic carbocycles. The molecule has 25 heavy (non-hydrogen) atoms. The molecule has 1 heterocycles. The van der Waals surface area contributed by atoms with Gasteiger partial charge in [0.25, 0.3) is 5.91 Å². The Balaban J connectivity index is 1.39. The number of para-hydroxylation sites is 1. The van der Waals surface area contributed by atoms with Gasteiger partial charge in [-0.25, -0.2) is 0 Å². The van der Waals surface area contributed by atoms with E-state index in [0.717, 1.165) is 34.3 Å². The largest absolute Gasteiger partial charge is 0.451 e. The first-order valence-corrected chi connectivity index (χ1v) is 9.83. The van der Waals surface area contributed by atoms with Gasteiger partial charge in [0, 0.05) is 17.0 Å². The van der Waals surface area contributed by atoms with E-state index in [-0.39, 0.29) is 11.9 Å². The van der Waals surface area contributed by atoms with E-state index in [0.29, 0.717) is 11.2 Å². The number of benzene rings is 1. The zero-order valence-electron chi connectivity index (χ0n) is 15.2. The third-order valence-electron chi connectivity index (χ3n) is 7.40. The van der Waals surface area contributed by atoms with Crippen molar-refractivity contribution in [3.63, 3.8) is 0 Å². The Morgan fingerprint density at radius 3 is 2.32 bits per heavy atom. The average Bonchev–Trinajstić information content (AvgIpc) is 2.91. The molecule has 0 saturated heterocycles. The number of amides is 1. The number of aryl methyl sites for hydroxylation is 1. The summed E-state index contributed by atoms with van der Waals surface area (Å²) in [6.07, 6.45) is 8.21. The minimum absolute atomic E-state index is 0.0445. The first-order valence-electron chi connectivity index (χ1n) is 9.83. The lowest BCUT2D eigenvalue weighted by Gasteiger charge is -2.59. The fourth-order valence-electron chi connectivity index (χ4n) is 6.51. The predicted octanol–water partition coefficient (Wildman–Crippen LogP) is 5.08. The predicted molar refractivity (Wildman–Crippen MR) is 98.5 cm³/mol. The molecule has 2 aromatic rings. The fourth-order valence-corrected chi connectivity index (χ4v) is 6.51. The van der Waals surface area contributed by atoms with Gasteiger partial charge in [0.15, 0.2) is 5.76 Å². The Hall–Kier alpha value is -1.77. The molecule has 0 spiro atoms. The van der Waals surface area contributed by atoms with E-state index in [9.17, 15) is 4.79 Å². The Morgan fingerprint density at radius 1 is 1.12 bits per heavy atom. The Kier molecular flexibility index (Phi) is 3.32. The van der Waals surface area contributed by atoms with E-state index < -0.39 is 0 Å². The van der Waals surface area contributed by atoms with Crippen LogP contribution in [0.15, 0.2) is 28.7 Å². The molecule has 132 valence electrons. The minimum atomic E-state index is -0.0445. The lowest BCUT2D eigenvalue weighted by atomic mass is 9.48. The smallest absolute Gasteiger partial charge is 0.287 e. The van der Waals surface area contributed by atoms with Crippen molar-refractivity contribution in [2.75, 3.05) is 0 Å². The first-order chi connectivity index (χ1) is 12.0. The quantitative estimate of drug-likeness (QED) is 0.849. The second kappa shape index (κ2) is 5.36. The second-order valence-corrected chi connectivity index (χ2v) is 9.03. The molecule has 4 saturated carbocycles. The summed E-state index contributed by atoms with van der Waals surface area (Å²) in [5, 5.41) is 4.36. The second-order valence-electron chi connectivity index (χ2n) is 9.03. The summed E-state index contributed by atoms with van der Waals surface area (Å²) in [4.78, 5) is 12.9. The maximum absolute atomic E-state index is 12.9. The summed E-state index contributed by atoms with van der Waals surface area (Å²) in [5.41, 5.74) is 2.07. The zero-order chi connectivity index (χ0) is 17.2. The fraction of sp³-hybridized carbons (Fsp3) is 0.591. The van der Waals surface area contributed by atoms with Crippen LogP contribution in [0.25, 0.3) is 11.0 Å². The maximum atomic E-state index is 12.9. The molecule has 3 heteroatoms. The van der Waals surface area contributed by atoms with Crippen LogP contribution in [0.4, 0.5) is 0 Å². The van der Waals surface area contributed by atoms with Gasteiger partial charge in [0.1, 0.15) is 5.58 Å². The standard InChI is InChI=1S/C22H27NO2/c1-13-18-5-3-4-6-19(18)25-20(13)21(24)23-14(2)22-10-15-7-16(11-22)9-17(8-15)12-22/h3-6,14-17H,7-12H2,1-2H3,(H,23,24). The molecule has 1 amide bonds. The van der Waals surface area contributed by atoms with Crippen molar-refractivity contribution in [2.24, 2.45) is 23.2 Å². The number of hydrogen-bond acceptors (Lipinski definition) is 2. The number of furan rings is 1. The third kappa shape index (κ3) is 2.35. The van der Waals surface area contributed by atoms with Gasteiger partial charge in [-0.3, -0.25) is 4.79 Å². The van der Waals surface area contributed by atoms with E-state index in [2.05, 4.69) is 12.2 Å². The van der Waals surface area contributed by atoms with E-state index in [1.54, 1.807) is 0 Å². The van der Waals surface area contributed by atoms with E-state index >= 15 is 0 Å². The minimum Gasteiger partial charge on any atom is -0.451 e. The lowest BCUT2D eigenvalue weighted by molar-refractivity contribution is -0.0688. The Morgan fingerprint density at radius 2 is 1.72 bits per heavy atom. The van der Waals surface area contributed by atoms with E-state index in [4.69, 9.17) is 4.42 Å². The van der Waals surface area contributed by atoms with Gasteiger partial charge in [-0.2, -0.15) is 0 Å². The van der Waals surface area contributed by atoms with Crippen molar-refractivity contribution >= 4 is 16.9 Å². The van der Waals surface area contributed by atoms with Crippen LogP contribution in [0.2, 0.25) is 0 Å². The normalized spacial score (nSPS) is 34.4. The number of carbonyl (C=O) groups is 1. The Labute approximate surface area is 149 Å². The van der Waals surface area contributed by atoms with Crippen LogP contribution in [0, 0.1) is 30.1 Å². The van der Waals surface area contributed by atoms with Crippen molar-refractivity contribution in [3.05, 3.63) is 35.6 Å². The number of nitrogens with one attached hydrogen (secondary N) is 1. The van der Waals surface area contributed by atoms with Gasteiger partial charge in [0.2, 0.25) is 0 Å². The summed E-state index contributed by atoms with van der Waals surface area (Å²) in [7, 11) is 0. The molecule has 1 N–H and O–H groups in total. The number of rotatable bonds is 3. The van der Waals surface area contributed by atoms with Gasteiger partial charge in [-0.15, -0.1) is 0 Å². The van der Waals surface area contributed by atoms with E-state index in [1.807, 2.05) is 31.2 Å². The number of fused-ring (bicyclic) bond motifs is 1. The lowest BCUT2D eigenvalue weighted by Crippen LogP contribution is -2.55. The molecule has 0 aliphatic heterocycles. The average molecular weight is 337 g/mol. The van der Waals surface area contributed by atoms with Crippen LogP contribution < -0.4 is 5.32 Å². The van der Waals surface area contributed by atoms with Crippen molar-refractivity contribution in [2.45, 2.75) is 58.4 Å².